The number of fused-ring (bicyclic) bond motifs is 7. The molecule has 3 aromatic heterocycles. The van der Waals surface area contributed by atoms with Crippen LogP contribution in [0.15, 0.2) is 328 Å². The van der Waals surface area contributed by atoms with Crippen molar-refractivity contribution in [3.8, 4) is 96.3 Å². The van der Waals surface area contributed by atoms with Crippen molar-refractivity contribution >= 4 is 79.0 Å². The number of rotatable bonds is 11. The number of nitrogens with zero attached hydrogens (tertiary/aromatic N) is 9. The molecule has 0 atom stereocenters. The van der Waals surface area contributed by atoms with Crippen molar-refractivity contribution in [1.29, 1.82) is 0 Å². The van der Waals surface area contributed by atoms with Gasteiger partial charge in [-0.25, -0.2) is 29.9 Å². The van der Waals surface area contributed by atoms with E-state index in [0.29, 0.717) is 34.9 Å². The molecule has 0 fully saturated rings. The standard InChI is InChI=1S/C84H54BN9/c1-7-26-55(27-8-1)79-86-80(56-28-9-2-10-29-56)89-83(88-79)61-46-49-72(94-71-43-22-19-40-66(71)68-54-62(47-50-73(68)94)84-90-81(57-30-11-3-12-31-57)87-82(91-84)58-32-13-4-14-33-58)67(53-61)60-35-25-34-59(52-60)65-48-51-76-77-78(65)93(64-38-17-6-18-39-64)75-45-24-21-42-70(75)85(77)69-41-20-23-44-74(69)92(76)63-36-15-5-16-37-63/h1-54H. The lowest BCUT2D eigenvalue weighted by atomic mass is 9.33. The molecular formula is C84H54BN9. The van der Waals surface area contributed by atoms with E-state index in [9.17, 15) is 0 Å². The number of hydrogen-bond acceptors (Lipinski definition) is 8. The minimum Gasteiger partial charge on any atom is -0.311 e. The predicted octanol–water partition coefficient (Wildman–Crippen LogP) is 18.6. The lowest BCUT2D eigenvalue weighted by molar-refractivity contribution is 1.07. The van der Waals surface area contributed by atoms with Crippen molar-refractivity contribution in [3.63, 3.8) is 0 Å². The van der Waals surface area contributed by atoms with Crippen molar-refractivity contribution < 1.29 is 0 Å². The first-order valence-electron chi connectivity index (χ1n) is 31.7. The normalized spacial score (nSPS) is 12.2. The molecule has 5 heterocycles. The maximum atomic E-state index is 5.30. The zero-order valence-corrected chi connectivity index (χ0v) is 50.8. The molecule has 438 valence electrons. The molecule has 0 radical (unpaired) electrons. The average molecular weight is 1200 g/mol. The fraction of sp³-hybridized carbons (Fsp3) is 0. The minimum absolute atomic E-state index is 0.0524. The molecule has 16 aromatic rings. The van der Waals surface area contributed by atoms with Crippen LogP contribution in [0.25, 0.3) is 118 Å². The van der Waals surface area contributed by atoms with Crippen LogP contribution < -0.4 is 26.2 Å². The van der Waals surface area contributed by atoms with Crippen molar-refractivity contribution in [2.45, 2.75) is 0 Å². The Morgan fingerprint density at radius 1 is 0.234 bits per heavy atom. The monoisotopic (exact) mass is 1200 g/mol. The summed E-state index contributed by atoms with van der Waals surface area (Å²) in [6, 6.07) is 116. The Kier molecular flexibility index (Phi) is 13.1. The van der Waals surface area contributed by atoms with Crippen LogP contribution >= 0.6 is 0 Å². The Labute approximate surface area is 544 Å². The second-order valence-electron chi connectivity index (χ2n) is 23.8. The average Bonchev–Trinajstić information content (AvgIpc) is 0.847. The van der Waals surface area contributed by atoms with E-state index in [1.54, 1.807) is 0 Å². The van der Waals surface area contributed by atoms with Crippen LogP contribution in [-0.4, -0.2) is 41.2 Å². The van der Waals surface area contributed by atoms with E-state index in [1.807, 2.05) is 97.1 Å². The summed E-state index contributed by atoms with van der Waals surface area (Å²) in [6.45, 7) is -0.0524. The van der Waals surface area contributed by atoms with Crippen LogP contribution in [0, 0.1) is 0 Å². The molecule has 0 spiro atoms. The van der Waals surface area contributed by atoms with E-state index in [1.165, 1.54) is 22.1 Å². The molecule has 0 aliphatic carbocycles. The summed E-state index contributed by atoms with van der Waals surface area (Å²) >= 11 is 0. The topological polar surface area (TPSA) is 88.7 Å². The second-order valence-corrected chi connectivity index (χ2v) is 23.8. The highest BCUT2D eigenvalue weighted by Crippen LogP contribution is 2.49. The lowest BCUT2D eigenvalue weighted by Crippen LogP contribution is -2.61. The van der Waals surface area contributed by atoms with Crippen LogP contribution in [0.4, 0.5) is 34.1 Å². The number of aromatic nitrogens is 7. The Balaban J connectivity index is 0.870. The van der Waals surface area contributed by atoms with Gasteiger partial charge >= 0.3 is 0 Å². The lowest BCUT2D eigenvalue weighted by Gasteiger charge is -2.45. The number of benzene rings is 13. The highest BCUT2D eigenvalue weighted by molar-refractivity contribution is 7.00. The largest absolute Gasteiger partial charge is 0.311 e. The van der Waals surface area contributed by atoms with Gasteiger partial charge in [-0.3, -0.25) is 0 Å². The van der Waals surface area contributed by atoms with E-state index in [4.69, 9.17) is 29.9 Å². The summed E-state index contributed by atoms with van der Waals surface area (Å²) in [7, 11) is 0. The fourth-order valence-electron chi connectivity index (χ4n) is 14.1. The smallest absolute Gasteiger partial charge is 0.252 e. The Morgan fingerprint density at radius 2 is 0.628 bits per heavy atom. The number of para-hydroxylation sites is 5. The van der Waals surface area contributed by atoms with Gasteiger partial charge < -0.3 is 14.4 Å². The predicted molar refractivity (Wildman–Crippen MR) is 385 cm³/mol. The fourth-order valence-corrected chi connectivity index (χ4v) is 14.1. The van der Waals surface area contributed by atoms with E-state index in [-0.39, 0.29) is 6.71 Å². The third kappa shape index (κ3) is 9.26. The minimum atomic E-state index is -0.0524. The quantitative estimate of drug-likeness (QED) is 0.118. The zero-order chi connectivity index (χ0) is 62.1. The third-order valence-corrected chi connectivity index (χ3v) is 18.3. The van der Waals surface area contributed by atoms with Crippen LogP contribution in [0.5, 0.6) is 0 Å². The van der Waals surface area contributed by atoms with Gasteiger partial charge in [-0.15, -0.1) is 0 Å². The molecular weight excluding hydrogens is 1150 g/mol. The molecule has 94 heavy (non-hydrogen) atoms. The van der Waals surface area contributed by atoms with Crippen molar-refractivity contribution in [3.05, 3.63) is 328 Å². The Hall–Kier alpha value is -12.7. The van der Waals surface area contributed by atoms with Crippen LogP contribution in [0.1, 0.15) is 0 Å². The Bertz CT molecular complexity index is 5450. The molecule has 18 rings (SSSR count). The summed E-state index contributed by atoms with van der Waals surface area (Å²) in [5, 5.41) is 2.16. The molecule has 0 saturated heterocycles. The van der Waals surface area contributed by atoms with E-state index >= 15 is 0 Å². The van der Waals surface area contributed by atoms with E-state index in [0.717, 1.165) is 112 Å². The van der Waals surface area contributed by atoms with Gasteiger partial charge in [-0.05, 0) is 119 Å². The van der Waals surface area contributed by atoms with Gasteiger partial charge in [-0.1, -0.05) is 237 Å². The molecule has 2 aliphatic rings. The van der Waals surface area contributed by atoms with Gasteiger partial charge in [-0.2, -0.15) is 0 Å². The number of anilines is 6. The van der Waals surface area contributed by atoms with Gasteiger partial charge in [0, 0.05) is 83.7 Å². The van der Waals surface area contributed by atoms with Crippen LogP contribution in [0.2, 0.25) is 0 Å². The van der Waals surface area contributed by atoms with Crippen molar-refractivity contribution in [2.24, 2.45) is 0 Å². The first-order chi connectivity index (χ1) is 46.6. The van der Waals surface area contributed by atoms with Gasteiger partial charge in [0.05, 0.1) is 22.4 Å². The van der Waals surface area contributed by atoms with Crippen molar-refractivity contribution in [1.82, 2.24) is 34.5 Å². The van der Waals surface area contributed by atoms with Crippen LogP contribution in [-0.2, 0) is 0 Å². The summed E-state index contributed by atoms with van der Waals surface area (Å²) in [4.78, 5) is 36.1. The SMILES string of the molecule is c1ccc(-c2nc(-c3ccccc3)nc(-c3ccc(-n4c5ccccc5c5cc(-c6nc(-c7ccccc7)nc(-c7ccccc7)n6)ccc54)c(-c4cccc(-c5ccc6c7c5N(c5ccccc5)c5ccccc5B7c5ccccc5N6c5ccccc5)c4)c3)n2)cc1. The molecule has 0 amide bonds. The zero-order valence-electron chi connectivity index (χ0n) is 50.8. The molecule has 0 bridgehead atoms. The van der Waals surface area contributed by atoms with Crippen LogP contribution in [0.3, 0.4) is 0 Å². The van der Waals surface area contributed by atoms with E-state index in [2.05, 4.69) is 245 Å². The molecule has 13 aromatic carbocycles. The summed E-state index contributed by atoms with van der Waals surface area (Å²) < 4.78 is 2.41. The van der Waals surface area contributed by atoms with Gasteiger partial charge in [0.15, 0.2) is 34.9 Å². The molecule has 0 N–H and O–H groups in total. The van der Waals surface area contributed by atoms with Crippen molar-refractivity contribution in [2.75, 3.05) is 9.80 Å². The molecule has 9 nitrogen and oxygen atoms in total. The maximum Gasteiger partial charge on any atom is 0.252 e. The second kappa shape index (κ2) is 22.7. The summed E-state index contributed by atoms with van der Waals surface area (Å²) in [5.41, 5.74) is 23.2. The third-order valence-electron chi connectivity index (χ3n) is 18.3. The Morgan fingerprint density at radius 3 is 1.17 bits per heavy atom. The molecule has 0 saturated carbocycles. The van der Waals surface area contributed by atoms with Gasteiger partial charge in [0.25, 0.3) is 6.71 Å². The first kappa shape index (κ1) is 54.3. The molecule has 0 unspecified atom stereocenters. The first-order valence-corrected chi connectivity index (χ1v) is 31.7. The molecule has 2 aliphatic heterocycles. The summed E-state index contributed by atoms with van der Waals surface area (Å²) in [6.07, 6.45) is 0. The summed E-state index contributed by atoms with van der Waals surface area (Å²) in [5.74, 6) is 3.57. The maximum absolute atomic E-state index is 5.30. The van der Waals surface area contributed by atoms with Gasteiger partial charge in [0.1, 0.15) is 0 Å². The number of hydrogen-bond donors (Lipinski definition) is 0. The highest BCUT2D eigenvalue weighted by atomic mass is 15.2. The van der Waals surface area contributed by atoms with E-state index < -0.39 is 0 Å². The molecule has 10 heteroatoms. The highest BCUT2D eigenvalue weighted by Gasteiger charge is 2.44. The van der Waals surface area contributed by atoms with Gasteiger partial charge in [0.2, 0.25) is 0 Å².